The Bertz CT molecular complexity index is 838. The number of rotatable bonds is 5. The maximum Gasteiger partial charge on any atom is 0.255 e. The van der Waals surface area contributed by atoms with Crippen molar-refractivity contribution in [1.82, 2.24) is 4.98 Å². The molecule has 3 aromatic rings. The minimum atomic E-state index is -0.181. The van der Waals surface area contributed by atoms with Gasteiger partial charge in [0.1, 0.15) is 5.75 Å². The molecule has 0 aliphatic rings. The van der Waals surface area contributed by atoms with Gasteiger partial charge in [-0.25, -0.2) is 4.98 Å². The minimum absolute atomic E-state index is 0.181. The summed E-state index contributed by atoms with van der Waals surface area (Å²) in [5.74, 6) is 0.877. The number of thioether (sulfide) groups is 1. The molecule has 0 saturated heterocycles. The second-order valence-electron chi connectivity index (χ2n) is 4.98. The molecule has 3 rings (SSSR count). The summed E-state index contributed by atoms with van der Waals surface area (Å²) in [6, 6.07) is 20.2. The third-order valence-corrected chi connectivity index (χ3v) is 4.01. The normalized spacial score (nSPS) is 10.2. The van der Waals surface area contributed by atoms with Crippen LogP contribution in [0.2, 0.25) is 0 Å². The third-order valence-electron chi connectivity index (χ3n) is 3.28. The van der Waals surface area contributed by atoms with Crippen LogP contribution < -0.4 is 10.1 Å². The standard InChI is InChI=1S/C19H16N2O2S/c1-24-17-9-5-7-15(13-17)21-19(22)14-6-4-8-16(12-14)23-18-10-2-3-11-20-18/h2-13H,1H3,(H,21,22). The number of aromatic nitrogens is 1. The van der Waals surface area contributed by atoms with Crippen LogP contribution in [0.1, 0.15) is 10.4 Å². The van der Waals surface area contributed by atoms with Crippen molar-refractivity contribution in [2.45, 2.75) is 4.90 Å². The fourth-order valence-corrected chi connectivity index (χ4v) is 2.59. The maximum absolute atomic E-state index is 12.4. The summed E-state index contributed by atoms with van der Waals surface area (Å²) >= 11 is 1.63. The fraction of sp³-hybridized carbons (Fsp3) is 0.0526. The van der Waals surface area contributed by atoms with E-state index in [1.165, 1.54) is 0 Å². The Hall–Kier alpha value is -2.79. The number of nitrogens with one attached hydrogen (secondary N) is 1. The summed E-state index contributed by atoms with van der Waals surface area (Å²) in [7, 11) is 0. The summed E-state index contributed by atoms with van der Waals surface area (Å²) < 4.78 is 5.66. The van der Waals surface area contributed by atoms with Gasteiger partial charge in [-0.2, -0.15) is 0 Å². The van der Waals surface area contributed by atoms with E-state index in [1.54, 1.807) is 48.3 Å². The molecular formula is C19H16N2O2S. The molecule has 0 aliphatic carbocycles. The Labute approximate surface area is 144 Å². The van der Waals surface area contributed by atoms with Crippen molar-refractivity contribution in [3.8, 4) is 11.6 Å². The number of carbonyl (C=O) groups is 1. The van der Waals surface area contributed by atoms with E-state index in [9.17, 15) is 4.79 Å². The van der Waals surface area contributed by atoms with E-state index >= 15 is 0 Å². The van der Waals surface area contributed by atoms with E-state index in [1.807, 2.05) is 42.7 Å². The van der Waals surface area contributed by atoms with Crippen LogP contribution in [-0.4, -0.2) is 17.1 Å². The molecule has 4 nitrogen and oxygen atoms in total. The Morgan fingerprint density at radius 3 is 2.71 bits per heavy atom. The second-order valence-corrected chi connectivity index (χ2v) is 5.86. The van der Waals surface area contributed by atoms with Crippen LogP contribution in [0.15, 0.2) is 77.8 Å². The Morgan fingerprint density at radius 2 is 1.92 bits per heavy atom. The van der Waals surface area contributed by atoms with Gasteiger partial charge in [0.05, 0.1) is 0 Å². The number of anilines is 1. The molecule has 0 fully saturated rings. The highest BCUT2D eigenvalue weighted by molar-refractivity contribution is 7.98. The van der Waals surface area contributed by atoms with E-state index in [-0.39, 0.29) is 5.91 Å². The fourth-order valence-electron chi connectivity index (χ4n) is 2.13. The van der Waals surface area contributed by atoms with Gasteiger partial charge < -0.3 is 10.1 Å². The quantitative estimate of drug-likeness (QED) is 0.677. The second kappa shape index (κ2) is 7.66. The molecule has 24 heavy (non-hydrogen) atoms. The number of carbonyl (C=O) groups excluding carboxylic acids is 1. The van der Waals surface area contributed by atoms with Crippen molar-refractivity contribution >= 4 is 23.4 Å². The summed E-state index contributed by atoms with van der Waals surface area (Å²) in [4.78, 5) is 17.6. The highest BCUT2D eigenvalue weighted by Gasteiger charge is 2.08. The lowest BCUT2D eigenvalue weighted by Gasteiger charge is -2.08. The Balaban J connectivity index is 1.74. The van der Waals surface area contributed by atoms with Gasteiger partial charge in [0, 0.05) is 28.4 Å². The largest absolute Gasteiger partial charge is 0.439 e. The van der Waals surface area contributed by atoms with Crippen molar-refractivity contribution in [1.29, 1.82) is 0 Å². The average molecular weight is 336 g/mol. The van der Waals surface area contributed by atoms with Crippen LogP contribution in [0.3, 0.4) is 0 Å². The van der Waals surface area contributed by atoms with E-state index in [4.69, 9.17) is 4.74 Å². The molecule has 0 spiro atoms. The number of nitrogens with zero attached hydrogens (tertiary/aromatic N) is 1. The number of hydrogen-bond acceptors (Lipinski definition) is 4. The summed E-state index contributed by atoms with van der Waals surface area (Å²) in [6.45, 7) is 0. The Kier molecular flexibility index (Phi) is 5.13. The first-order valence-corrected chi connectivity index (χ1v) is 8.61. The SMILES string of the molecule is CSc1cccc(NC(=O)c2cccc(Oc3ccccn3)c2)c1. The zero-order chi connectivity index (χ0) is 16.8. The molecule has 1 heterocycles. The van der Waals surface area contributed by atoms with Crippen LogP contribution in [0, 0.1) is 0 Å². The van der Waals surface area contributed by atoms with Gasteiger partial charge in [-0.15, -0.1) is 11.8 Å². The molecule has 5 heteroatoms. The number of hydrogen-bond donors (Lipinski definition) is 1. The molecule has 0 atom stereocenters. The molecule has 0 aliphatic heterocycles. The molecule has 1 amide bonds. The van der Waals surface area contributed by atoms with Crippen LogP contribution >= 0.6 is 11.8 Å². The smallest absolute Gasteiger partial charge is 0.255 e. The van der Waals surface area contributed by atoms with Gasteiger partial charge in [0.2, 0.25) is 5.88 Å². The molecule has 1 N–H and O–H groups in total. The summed E-state index contributed by atoms with van der Waals surface area (Å²) in [6.07, 6.45) is 3.66. The molecule has 0 unspecified atom stereocenters. The Morgan fingerprint density at radius 1 is 1.04 bits per heavy atom. The molecule has 120 valence electrons. The molecule has 0 radical (unpaired) electrons. The lowest BCUT2D eigenvalue weighted by Crippen LogP contribution is -2.11. The first-order chi connectivity index (χ1) is 11.7. The van der Waals surface area contributed by atoms with Gasteiger partial charge in [-0.1, -0.05) is 18.2 Å². The van der Waals surface area contributed by atoms with E-state index in [2.05, 4.69) is 10.3 Å². The molecule has 2 aromatic carbocycles. The first-order valence-electron chi connectivity index (χ1n) is 7.39. The van der Waals surface area contributed by atoms with Gasteiger partial charge in [0.25, 0.3) is 5.91 Å². The van der Waals surface area contributed by atoms with Crippen molar-refractivity contribution in [3.63, 3.8) is 0 Å². The topological polar surface area (TPSA) is 51.2 Å². The highest BCUT2D eigenvalue weighted by Crippen LogP contribution is 2.22. The average Bonchev–Trinajstić information content (AvgIpc) is 2.63. The number of benzene rings is 2. The van der Waals surface area contributed by atoms with Gasteiger partial charge >= 0.3 is 0 Å². The number of amides is 1. The third kappa shape index (κ3) is 4.14. The summed E-state index contributed by atoms with van der Waals surface area (Å²) in [5.41, 5.74) is 1.29. The van der Waals surface area contributed by atoms with Crippen molar-refractivity contribution < 1.29 is 9.53 Å². The van der Waals surface area contributed by atoms with E-state index < -0.39 is 0 Å². The van der Waals surface area contributed by atoms with Crippen molar-refractivity contribution in [2.24, 2.45) is 0 Å². The van der Waals surface area contributed by atoms with Gasteiger partial charge in [-0.05, 0) is 48.7 Å². The monoisotopic (exact) mass is 336 g/mol. The number of ether oxygens (including phenoxy) is 1. The summed E-state index contributed by atoms with van der Waals surface area (Å²) in [5, 5.41) is 2.90. The lowest BCUT2D eigenvalue weighted by atomic mass is 10.2. The van der Waals surface area contributed by atoms with Gasteiger partial charge in [-0.3, -0.25) is 4.79 Å². The lowest BCUT2D eigenvalue weighted by molar-refractivity contribution is 0.102. The first kappa shape index (κ1) is 16.1. The highest BCUT2D eigenvalue weighted by atomic mass is 32.2. The molecule has 0 saturated carbocycles. The predicted molar refractivity (Wildman–Crippen MR) is 96.9 cm³/mol. The van der Waals surface area contributed by atoms with E-state index in [0.29, 0.717) is 17.2 Å². The van der Waals surface area contributed by atoms with Crippen LogP contribution in [0.25, 0.3) is 0 Å². The zero-order valence-corrected chi connectivity index (χ0v) is 13.9. The van der Waals surface area contributed by atoms with Crippen molar-refractivity contribution in [3.05, 3.63) is 78.5 Å². The maximum atomic E-state index is 12.4. The van der Waals surface area contributed by atoms with E-state index in [0.717, 1.165) is 10.6 Å². The molecular weight excluding hydrogens is 320 g/mol. The van der Waals surface area contributed by atoms with Gasteiger partial charge in [0.15, 0.2) is 0 Å². The predicted octanol–water partition coefficient (Wildman–Crippen LogP) is 4.85. The number of pyridine rings is 1. The molecule has 1 aromatic heterocycles. The molecule has 0 bridgehead atoms. The zero-order valence-electron chi connectivity index (χ0n) is 13.1. The van der Waals surface area contributed by atoms with Crippen LogP contribution in [0.4, 0.5) is 5.69 Å². The minimum Gasteiger partial charge on any atom is -0.439 e. The van der Waals surface area contributed by atoms with Crippen LogP contribution in [0.5, 0.6) is 11.6 Å². The van der Waals surface area contributed by atoms with Crippen molar-refractivity contribution in [2.75, 3.05) is 11.6 Å². The van der Waals surface area contributed by atoms with Crippen LogP contribution in [-0.2, 0) is 0 Å².